The molecule has 1 aliphatic heterocycles. The Balaban J connectivity index is 2.86. The Kier molecular flexibility index (Phi) is 4.45. The lowest BCUT2D eigenvalue weighted by atomic mass is 9.79. The molecule has 1 aromatic rings. The molecule has 9 heteroatoms. The van der Waals surface area contributed by atoms with Crippen molar-refractivity contribution in [1.82, 2.24) is 5.32 Å². The van der Waals surface area contributed by atoms with E-state index in [1.807, 2.05) is 0 Å². The predicted molar refractivity (Wildman–Crippen MR) is 80.0 cm³/mol. The van der Waals surface area contributed by atoms with Gasteiger partial charge in [0.05, 0.1) is 27.7 Å². The molecule has 0 bridgehead atoms. The Labute approximate surface area is 135 Å². The molecule has 1 aromatic carbocycles. The van der Waals surface area contributed by atoms with Gasteiger partial charge in [0.2, 0.25) is 0 Å². The minimum Gasteiger partial charge on any atom is -0.478 e. The summed E-state index contributed by atoms with van der Waals surface area (Å²) in [5.74, 6) is -4.44. The fourth-order valence-electron chi connectivity index (χ4n) is 2.68. The van der Waals surface area contributed by atoms with Crippen molar-refractivity contribution < 1.29 is 29.5 Å². The highest BCUT2D eigenvalue weighted by atomic mass is 16.6. The SMILES string of the molecule is CC1=C(C(=O)O)C(c2ccccc2[N+](=O)[O-])C(C(=O)O)=C(C=O)N1. The lowest BCUT2D eigenvalue weighted by molar-refractivity contribution is -0.385. The average molecular weight is 332 g/mol. The summed E-state index contributed by atoms with van der Waals surface area (Å²) in [5.41, 5.74) is -1.77. The van der Waals surface area contributed by atoms with Crippen molar-refractivity contribution in [1.29, 1.82) is 0 Å². The molecular formula is C15H12N2O7. The van der Waals surface area contributed by atoms with Crippen LogP contribution in [0.1, 0.15) is 18.4 Å². The molecule has 9 nitrogen and oxygen atoms in total. The molecule has 1 aliphatic rings. The molecule has 124 valence electrons. The standard InChI is InChI=1S/C15H12N2O7/c1-7-11(14(19)20)12(13(15(21)22)9(6-18)16-7)8-4-2-3-5-10(8)17(23)24/h2-6,12,16H,1H3,(H,19,20)(H,21,22). The maximum atomic E-state index is 11.6. The van der Waals surface area contributed by atoms with Crippen LogP contribution in [0.2, 0.25) is 0 Å². The van der Waals surface area contributed by atoms with E-state index in [-0.39, 0.29) is 28.8 Å². The zero-order chi connectivity index (χ0) is 18.0. The molecule has 3 N–H and O–H groups in total. The third kappa shape index (κ3) is 2.74. The van der Waals surface area contributed by atoms with Crippen LogP contribution in [0.3, 0.4) is 0 Å². The summed E-state index contributed by atoms with van der Waals surface area (Å²) in [5, 5.41) is 32.6. The summed E-state index contributed by atoms with van der Waals surface area (Å²) < 4.78 is 0. The number of benzene rings is 1. The Morgan fingerprint density at radius 3 is 2.29 bits per heavy atom. The molecule has 0 spiro atoms. The first-order chi connectivity index (χ1) is 11.3. The molecule has 1 unspecified atom stereocenters. The van der Waals surface area contributed by atoms with Crippen LogP contribution in [0.15, 0.2) is 46.8 Å². The smallest absolute Gasteiger partial charge is 0.334 e. The number of nitrogens with zero attached hydrogens (tertiary/aromatic N) is 1. The molecule has 0 saturated heterocycles. The number of dihydropyridines is 1. The summed E-state index contributed by atoms with van der Waals surface area (Å²) >= 11 is 0. The summed E-state index contributed by atoms with van der Waals surface area (Å²) in [6, 6.07) is 5.23. The van der Waals surface area contributed by atoms with E-state index in [1.54, 1.807) is 0 Å². The minimum absolute atomic E-state index is 0.0396. The number of nitrogens with one attached hydrogen (secondary N) is 1. The quantitative estimate of drug-likeness (QED) is 0.413. The lowest BCUT2D eigenvalue weighted by Gasteiger charge is -2.27. The molecule has 2 rings (SSSR count). The third-order valence-electron chi connectivity index (χ3n) is 3.62. The van der Waals surface area contributed by atoms with E-state index in [2.05, 4.69) is 5.32 Å². The van der Waals surface area contributed by atoms with Crippen molar-refractivity contribution in [2.24, 2.45) is 0 Å². The summed E-state index contributed by atoms with van der Waals surface area (Å²) in [6.45, 7) is 1.35. The van der Waals surface area contributed by atoms with Crippen LogP contribution in [-0.2, 0) is 14.4 Å². The zero-order valence-electron chi connectivity index (χ0n) is 12.3. The number of carbonyl (C=O) groups excluding carboxylic acids is 1. The van der Waals surface area contributed by atoms with E-state index >= 15 is 0 Å². The van der Waals surface area contributed by atoms with Gasteiger partial charge < -0.3 is 15.5 Å². The number of allylic oxidation sites excluding steroid dienone is 2. The van der Waals surface area contributed by atoms with Gasteiger partial charge in [0.1, 0.15) is 0 Å². The molecule has 1 heterocycles. The van der Waals surface area contributed by atoms with Gasteiger partial charge in [0.25, 0.3) is 5.69 Å². The molecule has 0 radical (unpaired) electrons. The Morgan fingerprint density at radius 2 is 1.79 bits per heavy atom. The normalized spacial score (nSPS) is 17.3. The maximum absolute atomic E-state index is 11.6. The van der Waals surface area contributed by atoms with E-state index < -0.39 is 34.0 Å². The number of hydrogen-bond acceptors (Lipinski definition) is 6. The van der Waals surface area contributed by atoms with Crippen LogP contribution in [-0.4, -0.2) is 33.4 Å². The van der Waals surface area contributed by atoms with Crippen LogP contribution >= 0.6 is 0 Å². The first kappa shape index (κ1) is 16.9. The van der Waals surface area contributed by atoms with E-state index in [0.717, 1.165) is 6.07 Å². The first-order valence-electron chi connectivity index (χ1n) is 6.66. The van der Waals surface area contributed by atoms with Crippen molar-refractivity contribution in [3.63, 3.8) is 0 Å². The highest BCUT2D eigenvalue weighted by molar-refractivity contribution is 6.02. The van der Waals surface area contributed by atoms with Crippen molar-refractivity contribution >= 4 is 23.9 Å². The zero-order valence-corrected chi connectivity index (χ0v) is 12.3. The lowest BCUT2D eigenvalue weighted by Crippen LogP contribution is -2.32. The van der Waals surface area contributed by atoms with Gasteiger partial charge in [-0.2, -0.15) is 0 Å². The second-order valence-electron chi connectivity index (χ2n) is 4.97. The Bertz CT molecular complexity index is 823. The van der Waals surface area contributed by atoms with Crippen LogP contribution in [0.25, 0.3) is 0 Å². The molecule has 1 atom stereocenters. The Morgan fingerprint density at radius 1 is 1.21 bits per heavy atom. The van der Waals surface area contributed by atoms with Crippen molar-refractivity contribution in [2.75, 3.05) is 0 Å². The first-order valence-corrected chi connectivity index (χ1v) is 6.66. The number of aliphatic carboxylic acids is 2. The molecule has 24 heavy (non-hydrogen) atoms. The summed E-state index contributed by atoms with van der Waals surface area (Å²) in [7, 11) is 0. The van der Waals surface area contributed by atoms with Crippen molar-refractivity contribution in [3.8, 4) is 0 Å². The van der Waals surface area contributed by atoms with Crippen molar-refractivity contribution in [2.45, 2.75) is 12.8 Å². The molecule has 0 aromatic heterocycles. The maximum Gasteiger partial charge on any atom is 0.334 e. The van der Waals surface area contributed by atoms with Gasteiger partial charge in [0.15, 0.2) is 6.29 Å². The van der Waals surface area contributed by atoms with E-state index in [4.69, 9.17) is 0 Å². The number of carbonyl (C=O) groups is 3. The number of nitro groups is 1. The third-order valence-corrected chi connectivity index (χ3v) is 3.62. The number of nitro benzene ring substituents is 1. The van der Waals surface area contributed by atoms with Gasteiger partial charge in [-0.3, -0.25) is 14.9 Å². The molecule has 0 saturated carbocycles. The van der Waals surface area contributed by atoms with Gasteiger partial charge in [-0.05, 0) is 6.92 Å². The van der Waals surface area contributed by atoms with Crippen molar-refractivity contribution in [3.05, 3.63) is 62.5 Å². The number of hydrogen-bond donors (Lipinski definition) is 3. The largest absolute Gasteiger partial charge is 0.478 e. The fraction of sp³-hybridized carbons (Fsp3) is 0.133. The van der Waals surface area contributed by atoms with Crippen LogP contribution in [0, 0.1) is 10.1 Å². The second kappa shape index (κ2) is 6.32. The Hall–Kier alpha value is -3.49. The molecule has 0 amide bonds. The van der Waals surface area contributed by atoms with Gasteiger partial charge >= 0.3 is 11.9 Å². The number of rotatable bonds is 5. The van der Waals surface area contributed by atoms with Crippen LogP contribution < -0.4 is 5.32 Å². The second-order valence-corrected chi connectivity index (χ2v) is 4.97. The fourth-order valence-corrected chi connectivity index (χ4v) is 2.68. The minimum atomic E-state index is -1.54. The van der Waals surface area contributed by atoms with Gasteiger partial charge in [-0.15, -0.1) is 0 Å². The van der Waals surface area contributed by atoms with Crippen LogP contribution in [0.5, 0.6) is 0 Å². The highest BCUT2D eigenvalue weighted by Crippen LogP contribution is 2.41. The number of aldehydes is 1. The molecular weight excluding hydrogens is 320 g/mol. The average Bonchev–Trinajstić information content (AvgIpc) is 2.52. The van der Waals surface area contributed by atoms with Crippen LogP contribution in [0.4, 0.5) is 5.69 Å². The number of carboxylic acid groups (broad SMARTS) is 2. The van der Waals surface area contributed by atoms with Gasteiger partial charge in [0, 0.05) is 17.3 Å². The molecule has 0 fully saturated rings. The predicted octanol–water partition coefficient (Wildman–Crippen LogP) is 1.18. The monoisotopic (exact) mass is 332 g/mol. The number of para-hydroxylation sites is 1. The van der Waals surface area contributed by atoms with Gasteiger partial charge in [-0.1, -0.05) is 18.2 Å². The van der Waals surface area contributed by atoms with E-state index in [1.165, 1.54) is 25.1 Å². The van der Waals surface area contributed by atoms with E-state index in [9.17, 15) is 34.7 Å². The highest BCUT2D eigenvalue weighted by Gasteiger charge is 2.40. The summed E-state index contributed by atoms with van der Waals surface area (Å²) in [6.07, 6.45) is 0.243. The number of carboxylic acids is 2. The summed E-state index contributed by atoms with van der Waals surface area (Å²) in [4.78, 5) is 45.0. The van der Waals surface area contributed by atoms with E-state index in [0.29, 0.717) is 0 Å². The topological polar surface area (TPSA) is 147 Å². The molecule has 0 aliphatic carbocycles. The van der Waals surface area contributed by atoms with Gasteiger partial charge in [-0.25, -0.2) is 9.59 Å².